The Balaban J connectivity index is 1.48. The normalized spacial score (nSPS) is 10.4. The Morgan fingerprint density at radius 3 is 2.48 bits per heavy atom. The first-order valence-corrected chi connectivity index (χ1v) is 9.31. The van der Waals surface area contributed by atoms with Crippen LogP contribution in [0, 0.1) is 21.4 Å². The molecule has 31 heavy (non-hydrogen) atoms. The van der Waals surface area contributed by atoms with Gasteiger partial charge in [0.25, 0.3) is 5.69 Å². The van der Waals surface area contributed by atoms with E-state index in [1.54, 1.807) is 36.4 Å². The van der Waals surface area contributed by atoms with Crippen LogP contribution >= 0.6 is 0 Å². The summed E-state index contributed by atoms with van der Waals surface area (Å²) in [5.74, 6) is 0.313. The number of nitrogens with zero attached hydrogens (tertiary/aromatic N) is 3. The lowest BCUT2D eigenvalue weighted by Crippen LogP contribution is -2.19. The Labute approximate surface area is 178 Å². The summed E-state index contributed by atoms with van der Waals surface area (Å²) in [6.45, 7) is 0.288. The van der Waals surface area contributed by atoms with Gasteiger partial charge in [0.05, 0.1) is 29.2 Å². The van der Waals surface area contributed by atoms with Gasteiger partial charge in [-0.15, -0.1) is 0 Å². The maximum Gasteiger partial charge on any atom is 0.269 e. The van der Waals surface area contributed by atoms with E-state index in [1.165, 1.54) is 30.5 Å². The number of nitro groups is 1. The van der Waals surface area contributed by atoms with Gasteiger partial charge in [0.2, 0.25) is 5.91 Å². The molecule has 0 radical (unpaired) electrons. The minimum absolute atomic E-state index is 0.0242. The van der Waals surface area contributed by atoms with E-state index in [2.05, 4.69) is 16.6 Å². The lowest BCUT2D eigenvalue weighted by Gasteiger charge is -2.07. The van der Waals surface area contributed by atoms with Crippen molar-refractivity contribution in [2.75, 3.05) is 0 Å². The second-order valence-electron chi connectivity index (χ2n) is 6.52. The number of hydrazone groups is 1. The van der Waals surface area contributed by atoms with Gasteiger partial charge < -0.3 is 4.74 Å². The van der Waals surface area contributed by atoms with Crippen molar-refractivity contribution in [3.63, 3.8) is 0 Å². The molecule has 0 heterocycles. The number of carbonyl (C=O) groups excluding carboxylic acids is 1. The minimum atomic E-state index is -0.490. The number of carbonyl (C=O) groups is 1. The molecule has 0 unspecified atom stereocenters. The highest BCUT2D eigenvalue weighted by molar-refractivity contribution is 5.83. The molecule has 3 aromatic rings. The fourth-order valence-electron chi connectivity index (χ4n) is 2.71. The van der Waals surface area contributed by atoms with Gasteiger partial charge in [-0.25, -0.2) is 5.43 Å². The molecule has 3 aromatic carbocycles. The van der Waals surface area contributed by atoms with Gasteiger partial charge in [0, 0.05) is 17.7 Å². The second-order valence-corrected chi connectivity index (χ2v) is 6.52. The molecule has 0 bridgehead atoms. The molecule has 0 aliphatic carbocycles. The monoisotopic (exact) mass is 414 g/mol. The van der Waals surface area contributed by atoms with E-state index >= 15 is 0 Å². The van der Waals surface area contributed by atoms with Gasteiger partial charge >= 0.3 is 0 Å². The average molecular weight is 414 g/mol. The summed E-state index contributed by atoms with van der Waals surface area (Å²) in [5.41, 5.74) is 5.21. The van der Waals surface area contributed by atoms with Gasteiger partial charge in [-0.2, -0.15) is 10.4 Å². The van der Waals surface area contributed by atoms with E-state index < -0.39 is 4.92 Å². The molecular weight excluding hydrogens is 396 g/mol. The van der Waals surface area contributed by atoms with Crippen LogP contribution in [0.3, 0.4) is 0 Å². The Bertz CT molecular complexity index is 1130. The SMILES string of the molecule is N#Cc1ccccc1COc1ccc(/C=N\NC(=O)Cc2ccc([N+](=O)[O-])cc2)cc1. The largest absolute Gasteiger partial charge is 0.489 e. The van der Waals surface area contributed by atoms with E-state index in [4.69, 9.17) is 10.00 Å². The molecule has 0 aliphatic rings. The van der Waals surface area contributed by atoms with Crippen molar-refractivity contribution in [1.29, 1.82) is 5.26 Å². The van der Waals surface area contributed by atoms with Crippen LogP contribution < -0.4 is 10.2 Å². The van der Waals surface area contributed by atoms with E-state index in [1.807, 2.05) is 12.1 Å². The molecule has 8 nitrogen and oxygen atoms in total. The van der Waals surface area contributed by atoms with Crippen LogP contribution in [0.4, 0.5) is 5.69 Å². The number of nitriles is 1. The molecule has 3 rings (SSSR count). The fourth-order valence-corrected chi connectivity index (χ4v) is 2.71. The molecule has 154 valence electrons. The fraction of sp³-hybridized carbons (Fsp3) is 0.0870. The lowest BCUT2D eigenvalue weighted by atomic mass is 10.1. The van der Waals surface area contributed by atoms with Crippen molar-refractivity contribution in [3.05, 3.63) is 105 Å². The third-order valence-electron chi connectivity index (χ3n) is 4.33. The predicted octanol–water partition coefficient (Wildman–Crippen LogP) is 3.74. The van der Waals surface area contributed by atoms with Crippen LogP contribution in [0.2, 0.25) is 0 Å². The maximum atomic E-state index is 11.9. The maximum absolute atomic E-state index is 11.9. The summed E-state index contributed by atoms with van der Waals surface area (Å²) in [6, 6.07) is 22.3. The number of hydrogen-bond donors (Lipinski definition) is 1. The van der Waals surface area contributed by atoms with Crippen LogP contribution in [-0.4, -0.2) is 17.0 Å². The van der Waals surface area contributed by atoms with Crippen molar-refractivity contribution < 1.29 is 14.5 Å². The van der Waals surface area contributed by atoms with Gasteiger partial charge in [-0.3, -0.25) is 14.9 Å². The highest BCUT2D eigenvalue weighted by atomic mass is 16.6. The first kappa shape index (κ1) is 21.2. The Kier molecular flexibility index (Phi) is 7.06. The Morgan fingerprint density at radius 1 is 1.10 bits per heavy atom. The number of benzene rings is 3. The summed E-state index contributed by atoms with van der Waals surface area (Å²) in [7, 11) is 0. The zero-order valence-corrected chi connectivity index (χ0v) is 16.4. The number of amides is 1. The van der Waals surface area contributed by atoms with Crippen LogP contribution in [0.5, 0.6) is 5.75 Å². The summed E-state index contributed by atoms with van der Waals surface area (Å²) >= 11 is 0. The molecule has 1 N–H and O–H groups in total. The molecule has 1 amide bonds. The van der Waals surface area contributed by atoms with Crippen LogP contribution in [0.15, 0.2) is 77.9 Å². The van der Waals surface area contributed by atoms with Crippen LogP contribution in [0.1, 0.15) is 22.3 Å². The van der Waals surface area contributed by atoms with Gasteiger partial charge in [0.15, 0.2) is 0 Å². The third-order valence-corrected chi connectivity index (χ3v) is 4.33. The molecule has 0 spiro atoms. The zero-order chi connectivity index (χ0) is 22.1. The van der Waals surface area contributed by atoms with Crippen LogP contribution in [0.25, 0.3) is 0 Å². The molecule has 0 aromatic heterocycles. The van der Waals surface area contributed by atoms with E-state index in [9.17, 15) is 14.9 Å². The van der Waals surface area contributed by atoms with Crippen molar-refractivity contribution >= 4 is 17.8 Å². The van der Waals surface area contributed by atoms with Gasteiger partial charge in [-0.05, 0) is 41.5 Å². The Hall–Kier alpha value is -4.51. The summed E-state index contributed by atoms with van der Waals surface area (Å²) in [6.07, 6.45) is 1.56. The Morgan fingerprint density at radius 2 is 1.81 bits per heavy atom. The van der Waals surface area contributed by atoms with Crippen molar-refractivity contribution in [3.8, 4) is 11.8 Å². The number of non-ortho nitro benzene ring substituents is 1. The standard InChI is InChI=1S/C23H18N4O4/c24-14-19-3-1-2-4-20(19)16-31-22-11-7-18(8-12-22)15-25-26-23(28)13-17-5-9-21(10-6-17)27(29)30/h1-12,15H,13,16H2,(H,26,28)/b25-15-. The smallest absolute Gasteiger partial charge is 0.269 e. The highest BCUT2D eigenvalue weighted by Crippen LogP contribution is 2.15. The van der Waals surface area contributed by atoms with Crippen molar-refractivity contribution in [1.82, 2.24) is 5.43 Å². The van der Waals surface area contributed by atoms with Gasteiger partial charge in [0.1, 0.15) is 12.4 Å². The number of rotatable bonds is 8. The predicted molar refractivity (Wildman–Crippen MR) is 114 cm³/mol. The molecule has 0 aliphatic heterocycles. The summed E-state index contributed by atoms with van der Waals surface area (Å²) in [5, 5.41) is 23.7. The van der Waals surface area contributed by atoms with Crippen LogP contribution in [-0.2, 0) is 17.8 Å². The lowest BCUT2D eigenvalue weighted by molar-refractivity contribution is -0.384. The van der Waals surface area contributed by atoms with E-state index in [-0.39, 0.29) is 24.6 Å². The quantitative estimate of drug-likeness (QED) is 0.342. The van der Waals surface area contributed by atoms with Crippen molar-refractivity contribution in [2.45, 2.75) is 13.0 Å². The number of hydrogen-bond acceptors (Lipinski definition) is 6. The first-order chi connectivity index (χ1) is 15.0. The molecule has 0 fully saturated rings. The summed E-state index contributed by atoms with van der Waals surface area (Å²) < 4.78 is 5.71. The summed E-state index contributed by atoms with van der Waals surface area (Å²) in [4.78, 5) is 22.1. The second kappa shape index (κ2) is 10.3. The first-order valence-electron chi connectivity index (χ1n) is 9.31. The topological polar surface area (TPSA) is 118 Å². The molecule has 0 saturated heterocycles. The number of nitro benzene ring substituents is 1. The van der Waals surface area contributed by atoms with Gasteiger partial charge in [-0.1, -0.05) is 30.3 Å². The third kappa shape index (κ3) is 6.24. The zero-order valence-electron chi connectivity index (χ0n) is 16.4. The molecule has 0 saturated carbocycles. The average Bonchev–Trinajstić information content (AvgIpc) is 2.79. The molecule has 0 atom stereocenters. The number of nitrogens with one attached hydrogen (secondary N) is 1. The minimum Gasteiger partial charge on any atom is -0.489 e. The van der Waals surface area contributed by atoms with E-state index in [0.29, 0.717) is 16.9 Å². The number of ether oxygens (including phenoxy) is 1. The molecule has 8 heteroatoms. The molecular formula is C23H18N4O4. The highest BCUT2D eigenvalue weighted by Gasteiger charge is 2.07. The van der Waals surface area contributed by atoms with Crippen molar-refractivity contribution in [2.24, 2.45) is 5.10 Å². The van der Waals surface area contributed by atoms with E-state index in [0.717, 1.165) is 11.1 Å².